The van der Waals surface area contributed by atoms with E-state index in [9.17, 15) is 5.11 Å². The highest BCUT2D eigenvalue weighted by Gasteiger charge is 2.32. The van der Waals surface area contributed by atoms with E-state index in [-0.39, 0.29) is 12.2 Å². The van der Waals surface area contributed by atoms with Gasteiger partial charge in [-0.15, -0.1) is 0 Å². The summed E-state index contributed by atoms with van der Waals surface area (Å²) in [6, 6.07) is 12.0. The van der Waals surface area contributed by atoms with Gasteiger partial charge in [-0.1, -0.05) is 23.7 Å². The molecule has 2 aromatic rings. The van der Waals surface area contributed by atoms with Crippen LogP contribution in [-0.4, -0.2) is 61.0 Å². The van der Waals surface area contributed by atoms with E-state index in [1.54, 1.807) is 0 Å². The number of halogens is 1. The van der Waals surface area contributed by atoms with Crippen LogP contribution in [0, 0.1) is 6.92 Å². The highest BCUT2D eigenvalue weighted by atomic mass is 35.5. The molecule has 1 saturated heterocycles. The van der Waals surface area contributed by atoms with Gasteiger partial charge in [0.05, 0.1) is 0 Å². The molecule has 0 radical (unpaired) electrons. The molecule has 2 aromatic carbocycles. The van der Waals surface area contributed by atoms with Crippen LogP contribution in [0.3, 0.4) is 0 Å². The monoisotopic (exact) mass is 430 g/mol. The lowest BCUT2D eigenvalue weighted by Gasteiger charge is -2.37. The molecule has 162 valence electrons. The van der Waals surface area contributed by atoms with Crippen LogP contribution in [0.25, 0.3) is 0 Å². The van der Waals surface area contributed by atoms with Crippen molar-refractivity contribution in [3.05, 3.63) is 52.5 Å². The van der Waals surface area contributed by atoms with Crippen LogP contribution in [0.2, 0.25) is 5.02 Å². The first-order chi connectivity index (χ1) is 14.3. The fourth-order valence-corrected chi connectivity index (χ4v) is 4.61. The minimum absolute atomic E-state index is 0.206. The molecule has 0 amide bonds. The number of hydrogen-bond donors (Lipinski definition) is 1. The highest BCUT2D eigenvalue weighted by molar-refractivity contribution is 6.30. The minimum Gasteiger partial charge on any atom is -0.487 e. The quantitative estimate of drug-likeness (QED) is 0.752. The lowest BCUT2D eigenvalue weighted by Crippen LogP contribution is -2.49. The number of aryl methyl sites for hydroxylation is 1. The first-order valence-corrected chi connectivity index (χ1v) is 11.0. The number of para-hydroxylation sites is 1. The van der Waals surface area contributed by atoms with E-state index in [1.807, 2.05) is 24.3 Å². The standard InChI is InChI=1S/C24H31ClN2O3/c1-17-13-19(25)7-8-21(17)27-11-9-26(10-12-27)15-20(28)16-29-22-6-4-5-18-14-24(2,3)30-23(18)22/h4-8,13,20,28H,9-12,14-16H2,1-3H3. The molecule has 0 spiro atoms. The first-order valence-electron chi connectivity index (χ1n) is 10.7. The summed E-state index contributed by atoms with van der Waals surface area (Å²) in [6.07, 6.45) is 0.332. The van der Waals surface area contributed by atoms with E-state index >= 15 is 0 Å². The topological polar surface area (TPSA) is 45.2 Å². The Labute approximate surface area is 184 Å². The SMILES string of the molecule is Cc1cc(Cl)ccc1N1CCN(CC(O)COc2cccc3c2OC(C)(C)C3)CC1. The number of ether oxygens (including phenoxy) is 2. The smallest absolute Gasteiger partial charge is 0.165 e. The van der Waals surface area contributed by atoms with Crippen molar-refractivity contribution in [2.24, 2.45) is 0 Å². The summed E-state index contributed by atoms with van der Waals surface area (Å²) in [4.78, 5) is 4.68. The van der Waals surface area contributed by atoms with Gasteiger partial charge in [-0.25, -0.2) is 0 Å². The molecule has 2 aliphatic heterocycles. The Morgan fingerprint density at radius 1 is 1.17 bits per heavy atom. The zero-order valence-electron chi connectivity index (χ0n) is 18.0. The van der Waals surface area contributed by atoms with Crippen molar-refractivity contribution >= 4 is 17.3 Å². The van der Waals surface area contributed by atoms with Gasteiger partial charge >= 0.3 is 0 Å². The van der Waals surface area contributed by atoms with Crippen molar-refractivity contribution in [1.29, 1.82) is 0 Å². The molecular formula is C24H31ClN2O3. The second-order valence-corrected chi connectivity index (χ2v) is 9.40. The Bertz CT molecular complexity index is 894. The largest absolute Gasteiger partial charge is 0.487 e. The van der Waals surface area contributed by atoms with E-state index < -0.39 is 6.10 Å². The number of aliphatic hydroxyl groups is 1. The van der Waals surface area contributed by atoms with Crippen molar-refractivity contribution in [3.8, 4) is 11.5 Å². The summed E-state index contributed by atoms with van der Waals surface area (Å²) < 4.78 is 12.0. The highest BCUT2D eigenvalue weighted by Crippen LogP contribution is 2.41. The maximum absolute atomic E-state index is 10.5. The van der Waals surface area contributed by atoms with Gasteiger partial charge in [0.1, 0.15) is 18.3 Å². The van der Waals surface area contributed by atoms with Gasteiger partial charge < -0.3 is 19.5 Å². The van der Waals surface area contributed by atoms with Gasteiger partial charge in [0.25, 0.3) is 0 Å². The number of benzene rings is 2. The van der Waals surface area contributed by atoms with Crippen LogP contribution in [0.15, 0.2) is 36.4 Å². The maximum Gasteiger partial charge on any atom is 0.165 e. The van der Waals surface area contributed by atoms with E-state index in [2.05, 4.69) is 42.7 Å². The number of aliphatic hydroxyl groups excluding tert-OH is 1. The van der Waals surface area contributed by atoms with Crippen molar-refractivity contribution < 1.29 is 14.6 Å². The molecule has 6 heteroatoms. The molecule has 30 heavy (non-hydrogen) atoms. The summed E-state index contributed by atoms with van der Waals surface area (Å²) in [5.74, 6) is 1.54. The number of nitrogens with zero attached hydrogens (tertiary/aromatic N) is 2. The van der Waals surface area contributed by atoms with Gasteiger partial charge in [-0.3, -0.25) is 4.90 Å². The number of hydrogen-bond acceptors (Lipinski definition) is 5. The van der Waals surface area contributed by atoms with E-state index in [0.29, 0.717) is 6.54 Å². The van der Waals surface area contributed by atoms with Gasteiger partial charge in [0, 0.05) is 55.4 Å². The van der Waals surface area contributed by atoms with Crippen LogP contribution in [-0.2, 0) is 6.42 Å². The Morgan fingerprint density at radius 3 is 2.67 bits per heavy atom. The van der Waals surface area contributed by atoms with Crippen LogP contribution < -0.4 is 14.4 Å². The lowest BCUT2D eigenvalue weighted by molar-refractivity contribution is 0.0632. The maximum atomic E-state index is 10.5. The van der Waals surface area contributed by atoms with Crippen molar-refractivity contribution in [1.82, 2.24) is 4.90 Å². The molecule has 1 unspecified atom stereocenters. The van der Waals surface area contributed by atoms with Crippen LogP contribution >= 0.6 is 11.6 Å². The molecule has 1 atom stereocenters. The third-order valence-electron chi connectivity index (χ3n) is 5.83. The second kappa shape index (κ2) is 8.66. The lowest BCUT2D eigenvalue weighted by atomic mass is 10.0. The third-order valence-corrected chi connectivity index (χ3v) is 6.06. The first kappa shape index (κ1) is 21.3. The van der Waals surface area contributed by atoms with Gasteiger partial charge in [0.2, 0.25) is 0 Å². The average Bonchev–Trinajstić information content (AvgIpc) is 3.01. The Kier molecular flexibility index (Phi) is 6.14. The number of anilines is 1. The van der Waals surface area contributed by atoms with Crippen LogP contribution in [0.4, 0.5) is 5.69 Å². The molecule has 1 fully saturated rings. The number of piperazine rings is 1. The Hall–Kier alpha value is -1.95. The third kappa shape index (κ3) is 4.85. The Balaban J connectivity index is 1.26. The fraction of sp³-hybridized carbons (Fsp3) is 0.500. The minimum atomic E-state index is -0.543. The molecule has 2 aliphatic rings. The van der Waals surface area contributed by atoms with Crippen LogP contribution in [0.5, 0.6) is 11.5 Å². The van der Waals surface area contributed by atoms with Gasteiger partial charge in [0.15, 0.2) is 11.5 Å². The molecular weight excluding hydrogens is 400 g/mol. The number of rotatable bonds is 6. The summed E-state index contributed by atoms with van der Waals surface area (Å²) in [6.45, 7) is 10.8. The second-order valence-electron chi connectivity index (χ2n) is 8.97. The molecule has 1 N–H and O–H groups in total. The summed E-state index contributed by atoms with van der Waals surface area (Å²) in [5.41, 5.74) is 3.40. The van der Waals surface area contributed by atoms with Gasteiger partial charge in [-0.05, 0) is 50.6 Å². The molecule has 5 nitrogen and oxygen atoms in total. The predicted octanol–water partition coefficient (Wildman–Crippen LogP) is 3.92. The van der Waals surface area contributed by atoms with E-state index in [0.717, 1.165) is 49.1 Å². The molecule has 4 rings (SSSR count). The number of fused-ring (bicyclic) bond motifs is 1. The van der Waals surface area contributed by atoms with Crippen molar-refractivity contribution in [2.75, 3.05) is 44.2 Å². The Morgan fingerprint density at radius 2 is 1.93 bits per heavy atom. The summed E-state index contributed by atoms with van der Waals surface area (Å²) >= 11 is 6.08. The van der Waals surface area contributed by atoms with Crippen molar-refractivity contribution in [2.45, 2.75) is 38.9 Å². The normalized spacial score (nSPS) is 19.3. The number of β-amino-alcohol motifs (C(OH)–C–C–N with tert-alkyl or cyclic N) is 1. The molecule has 0 saturated carbocycles. The van der Waals surface area contributed by atoms with Gasteiger partial charge in [-0.2, -0.15) is 0 Å². The summed E-state index contributed by atoms with van der Waals surface area (Å²) in [5, 5.41) is 11.3. The zero-order chi connectivity index (χ0) is 21.3. The molecule has 0 aromatic heterocycles. The average molecular weight is 431 g/mol. The fourth-order valence-electron chi connectivity index (χ4n) is 4.38. The van der Waals surface area contributed by atoms with Crippen molar-refractivity contribution in [3.63, 3.8) is 0 Å². The molecule has 0 bridgehead atoms. The van der Waals surface area contributed by atoms with E-state index in [1.165, 1.54) is 16.8 Å². The zero-order valence-corrected chi connectivity index (χ0v) is 18.8. The van der Waals surface area contributed by atoms with E-state index in [4.69, 9.17) is 21.1 Å². The molecule has 2 heterocycles. The summed E-state index contributed by atoms with van der Waals surface area (Å²) in [7, 11) is 0. The van der Waals surface area contributed by atoms with Crippen LogP contribution in [0.1, 0.15) is 25.0 Å². The molecule has 0 aliphatic carbocycles. The predicted molar refractivity (Wildman–Crippen MR) is 121 cm³/mol.